The van der Waals surface area contributed by atoms with Gasteiger partial charge < -0.3 is 5.32 Å². The zero-order chi connectivity index (χ0) is 14.5. The van der Waals surface area contributed by atoms with Crippen molar-refractivity contribution in [3.63, 3.8) is 0 Å². The normalized spacial score (nSPS) is 16.6. The van der Waals surface area contributed by atoms with Crippen molar-refractivity contribution in [1.82, 2.24) is 5.32 Å². The minimum absolute atomic E-state index is 0.114. The van der Waals surface area contributed by atoms with Crippen molar-refractivity contribution in [2.75, 3.05) is 6.54 Å². The fourth-order valence-corrected chi connectivity index (χ4v) is 2.40. The monoisotopic (exact) mass is 273 g/mol. The first-order valence-electron chi connectivity index (χ1n) is 7.40. The molecule has 108 valence electrons. The van der Waals surface area contributed by atoms with Crippen molar-refractivity contribution in [2.24, 2.45) is 5.92 Å². The lowest BCUT2D eigenvalue weighted by Crippen LogP contribution is -2.24. The highest BCUT2D eigenvalue weighted by Crippen LogP contribution is 2.37. The van der Waals surface area contributed by atoms with E-state index in [1.54, 1.807) is 13.0 Å². The third-order valence-electron chi connectivity index (χ3n) is 3.84. The van der Waals surface area contributed by atoms with E-state index in [0.29, 0.717) is 5.56 Å². The zero-order valence-electron chi connectivity index (χ0n) is 12.5. The maximum atomic E-state index is 13.8. The average Bonchev–Trinajstić information content (AvgIpc) is 3.22. The molecule has 0 spiro atoms. The summed E-state index contributed by atoms with van der Waals surface area (Å²) in [5, 5.41) is 3.52. The molecule has 0 radical (unpaired) electrons. The van der Waals surface area contributed by atoms with Crippen LogP contribution in [0.1, 0.15) is 43.4 Å². The van der Waals surface area contributed by atoms with E-state index >= 15 is 0 Å². The molecule has 2 heteroatoms. The van der Waals surface area contributed by atoms with Gasteiger partial charge in [0.25, 0.3) is 0 Å². The number of halogens is 1. The van der Waals surface area contributed by atoms with Crippen LogP contribution in [0.2, 0.25) is 0 Å². The molecular formula is C18H24FN. The van der Waals surface area contributed by atoms with Gasteiger partial charge in [-0.05, 0) is 49.0 Å². The van der Waals surface area contributed by atoms with E-state index in [4.69, 9.17) is 0 Å². The largest absolute Gasteiger partial charge is 0.306 e. The molecule has 1 fully saturated rings. The van der Waals surface area contributed by atoms with Crippen LogP contribution >= 0.6 is 0 Å². The third-order valence-corrected chi connectivity index (χ3v) is 3.84. The van der Waals surface area contributed by atoms with Crippen LogP contribution in [0, 0.1) is 18.7 Å². The topological polar surface area (TPSA) is 12.0 Å². The summed E-state index contributed by atoms with van der Waals surface area (Å²) in [4.78, 5) is 0. The van der Waals surface area contributed by atoms with Crippen LogP contribution in [-0.2, 0) is 0 Å². The summed E-state index contributed by atoms with van der Waals surface area (Å²) in [5.74, 6) is 0.684. The summed E-state index contributed by atoms with van der Waals surface area (Å²) in [6.45, 7) is 8.55. The lowest BCUT2D eigenvalue weighted by Gasteiger charge is -2.20. The molecule has 0 aromatic heterocycles. The van der Waals surface area contributed by atoms with Crippen molar-refractivity contribution in [3.05, 3.63) is 59.4 Å². The van der Waals surface area contributed by atoms with Crippen LogP contribution in [-0.4, -0.2) is 6.54 Å². The molecule has 1 aliphatic carbocycles. The van der Waals surface area contributed by atoms with Crippen molar-refractivity contribution in [1.29, 1.82) is 0 Å². The maximum absolute atomic E-state index is 13.8. The van der Waals surface area contributed by atoms with Gasteiger partial charge >= 0.3 is 0 Å². The van der Waals surface area contributed by atoms with Crippen LogP contribution in [0.3, 0.4) is 0 Å². The van der Waals surface area contributed by atoms with Gasteiger partial charge in [-0.15, -0.1) is 0 Å². The first-order chi connectivity index (χ1) is 9.60. The Labute approximate surface area is 121 Å². The molecule has 0 saturated heterocycles. The molecule has 0 amide bonds. The van der Waals surface area contributed by atoms with Gasteiger partial charge in [0.05, 0.1) is 0 Å². The lowest BCUT2D eigenvalue weighted by atomic mass is 9.99. The molecule has 1 aromatic rings. The van der Waals surface area contributed by atoms with Gasteiger partial charge in [-0.25, -0.2) is 4.39 Å². The van der Waals surface area contributed by atoms with Crippen LogP contribution in [0.4, 0.5) is 4.39 Å². The van der Waals surface area contributed by atoms with Gasteiger partial charge in [0, 0.05) is 12.6 Å². The molecule has 1 atom stereocenters. The van der Waals surface area contributed by atoms with Crippen LogP contribution in [0.15, 0.2) is 42.5 Å². The summed E-state index contributed by atoms with van der Waals surface area (Å²) in [6.07, 6.45) is 7.71. The van der Waals surface area contributed by atoms with Crippen LogP contribution < -0.4 is 5.32 Å². The van der Waals surface area contributed by atoms with E-state index in [2.05, 4.69) is 11.9 Å². The molecule has 1 saturated carbocycles. The van der Waals surface area contributed by atoms with Crippen molar-refractivity contribution in [2.45, 2.75) is 39.2 Å². The SMILES string of the molecule is C=C(/C=C\C)CN[C@@H](CC1CC1)c1ccc(C)c(F)c1. The van der Waals surface area contributed by atoms with E-state index in [1.165, 1.54) is 12.8 Å². The highest BCUT2D eigenvalue weighted by atomic mass is 19.1. The quantitative estimate of drug-likeness (QED) is 0.710. The number of rotatable bonds is 7. The minimum atomic E-state index is -0.114. The second-order valence-corrected chi connectivity index (χ2v) is 5.78. The van der Waals surface area contributed by atoms with Gasteiger partial charge in [0.2, 0.25) is 0 Å². The van der Waals surface area contributed by atoms with Crippen molar-refractivity contribution < 1.29 is 4.39 Å². The Morgan fingerprint density at radius 2 is 2.25 bits per heavy atom. The summed E-state index contributed by atoms with van der Waals surface area (Å²) in [6, 6.07) is 5.80. The maximum Gasteiger partial charge on any atom is 0.126 e. The number of benzene rings is 1. The van der Waals surface area contributed by atoms with Gasteiger partial charge in [0.15, 0.2) is 0 Å². The number of nitrogens with one attached hydrogen (secondary N) is 1. The number of hydrogen-bond acceptors (Lipinski definition) is 1. The predicted molar refractivity (Wildman–Crippen MR) is 83.2 cm³/mol. The van der Waals surface area contributed by atoms with Gasteiger partial charge in [0.1, 0.15) is 5.82 Å². The third kappa shape index (κ3) is 4.31. The predicted octanol–water partition coefficient (Wildman–Crippen LogP) is 4.70. The molecule has 1 aromatic carbocycles. The van der Waals surface area contributed by atoms with Crippen LogP contribution in [0.25, 0.3) is 0 Å². The Balaban J connectivity index is 2.05. The Hall–Kier alpha value is -1.41. The number of allylic oxidation sites excluding steroid dienone is 1. The summed E-state index contributed by atoms with van der Waals surface area (Å²) >= 11 is 0. The summed E-state index contributed by atoms with van der Waals surface area (Å²) in [5.41, 5.74) is 2.81. The highest BCUT2D eigenvalue weighted by Gasteiger charge is 2.26. The molecule has 1 aliphatic rings. The molecule has 1 nitrogen and oxygen atoms in total. The lowest BCUT2D eigenvalue weighted by molar-refractivity contribution is 0.489. The molecule has 0 unspecified atom stereocenters. The highest BCUT2D eigenvalue weighted by molar-refractivity contribution is 5.26. The molecule has 1 N–H and O–H groups in total. The van der Waals surface area contributed by atoms with Crippen molar-refractivity contribution in [3.8, 4) is 0 Å². The molecule has 0 heterocycles. The Morgan fingerprint density at radius 3 is 2.85 bits per heavy atom. The zero-order valence-corrected chi connectivity index (χ0v) is 12.5. The van der Waals surface area contributed by atoms with E-state index < -0.39 is 0 Å². The Morgan fingerprint density at radius 1 is 1.50 bits per heavy atom. The first kappa shape index (κ1) is 15.0. The van der Waals surface area contributed by atoms with Crippen molar-refractivity contribution >= 4 is 0 Å². The van der Waals surface area contributed by atoms with Gasteiger partial charge in [-0.3, -0.25) is 0 Å². The first-order valence-corrected chi connectivity index (χ1v) is 7.40. The molecular weight excluding hydrogens is 249 g/mol. The second-order valence-electron chi connectivity index (χ2n) is 5.78. The van der Waals surface area contributed by atoms with Gasteiger partial charge in [-0.2, -0.15) is 0 Å². The summed E-state index contributed by atoms with van der Waals surface area (Å²) < 4.78 is 13.8. The molecule has 20 heavy (non-hydrogen) atoms. The number of aryl methyl sites for hydroxylation is 1. The molecule has 0 aliphatic heterocycles. The smallest absolute Gasteiger partial charge is 0.126 e. The number of hydrogen-bond donors (Lipinski definition) is 1. The van der Waals surface area contributed by atoms with E-state index in [-0.39, 0.29) is 11.9 Å². The van der Waals surface area contributed by atoms with Gasteiger partial charge in [-0.1, -0.05) is 43.7 Å². The summed E-state index contributed by atoms with van der Waals surface area (Å²) in [7, 11) is 0. The standard InChI is InChI=1S/C18H24FN/c1-4-5-13(2)12-20-18(10-15-7-8-15)16-9-6-14(3)17(19)11-16/h4-6,9,11,15,18,20H,2,7-8,10,12H2,1,3H3/b5-4-/t18-/m0/s1. The Bertz CT molecular complexity index is 500. The molecule has 0 bridgehead atoms. The van der Waals surface area contributed by atoms with Crippen LogP contribution in [0.5, 0.6) is 0 Å². The van der Waals surface area contributed by atoms with E-state index in [9.17, 15) is 4.39 Å². The fraction of sp³-hybridized carbons (Fsp3) is 0.444. The van der Waals surface area contributed by atoms with E-state index in [1.807, 2.05) is 31.2 Å². The minimum Gasteiger partial charge on any atom is -0.306 e. The fourth-order valence-electron chi connectivity index (χ4n) is 2.40. The average molecular weight is 273 g/mol. The second kappa shape index (κ2) is 6.85. The Kier molecular flexibility index (Phi) is 5.13. The molecule has 2 rings (SSSR count). The van der Waals surface area contributed by atoms with E-state index in [0.717, 1.165) is 30.0 Å².